The Morgan fingerprint density at radius 1 is 1.29 bits per heavy atom. The van der Waals surface area contributed by atoms with Gasteiger partial charge in [0, 0.05) is 30.4 Å². The van der Waals surface area contributed by atoms with E-state index in [9.17, 15) is 8.42 Å². The van der Waals surface area contributed by atoms with Gasteiger partial charge in [-0.1, -0.05) is 12.8 Å². The van der Waals surface area contributed by atoms with Crippen LogP contribution in [0.1, 0.15) is 49.8 Å². The van der Waals surface area contributed by atoms with Gasteiger partial charge in [-0.25, -0.2) is 13.1 Å². The predicted octanol–water partition coefficient (Wildman–Crippen LogP) is 1.44. The van der Waals surface area contributed by atoms with E-state index in [1.165, 1.54) is 25.7 Å². The third-order valence-electron chi connectivity index (χ3n) is 4.21. The van der Waals surface area contributed by atoms with E-state index in [2.05, 4.69) is 20.2 Å². The van der Waals surface area contributed by atoms with Crippen molar-refractivity contribution in [2.45, 2.75) is 63.1 Å². The second-order valence-electron chi connectivity index (χ2n) is 6.27. The second-order valence-corrected chi connectivity index (χ2v) is 7.95. The lowest BCUT2D eigenvalue weighted by molar-refractivity contribution is 0.565. The van der Waals surface area contributed by atoms with Crippen LogP contribution < -0.4 is 10.0 Å². The fourth-order valence-corrected chi connectivity index (χ4v) is 3.73. The second kappa shape index (κ2) is 6.06. The summed E-state index contributed by atoms with van der Waals surface area (Å²) in [4.78, 5) is 0. The first kappa shape index (κ1) is 15.0. The molecule has 1 aromatic rings. The molecule has 6 nitrogen and oxygen atoms in total. The van der Waals surface area contributed by atoms with E-state index in [0.29, 0.717) is 19.1 Å². The van der Waals surface area contributed by atoms with Crippen molar-refractivity contribution in [2.24, 2.45) is 5.92 Å². The van der Waals surface area contributed by atoms with Crippen molar-refractivity contribution in [3.63, 3.8) is 0 Å². The van der Waals surface area contributed by atoms with Crippen molar-refractivity contribution in [3.05, 3.63) is 11.3 Å². The summed E-state index contributed by atoms with van der Waals surface area (Å²) in [6, 6.07) is 0.543. The lowest BCUT2D eigenvalue weighted by atomic mass is 10.2. The molecule has 2 saturated carbocycles. The molecule has 0 unspecified atom stereocenters. The van der Waals surface area contributed by atoms with E-state index < -0.39 is 10.0 Å². The molecule has 0 spiro atoms. The highest BCUT2D eigenvalue weighted by atomic mass is 32.2. The fourth-order valence-electron chi connectivity index (χ4n) is 2.47. The molecule has 118 valence electrons. The Balaban J connectivity index is 1.59. The summed E-state index contributed by atoms with van der Waals surface area (Å²) >= 11 is 0. The van der Waals surface area contributed by atoms with Crippen LogP contribution in [0.2, 0.25) is 0 Å². The van der Waals surface area contributed by atoms with Gasteiger partial charge in [0.2, 0.25) is 0 Å². The molecule has 0 atom stereocenters. The van der Waals surface area contributed by atoms with Gasteiger partial charge < -0.3 is 5.32 Å². The lowest BCUT2D eigenvalue weighted by Crippen LogP contribution is -2.27. The number of hydrogen-bond acceptors (Lipinski definition) is 4. The number of aromatic amines is 1. The summed E-state index contributed by atoms with van der Waals surface area (Å²) in [6.07, 6.45) is 7.00. The average molecular weight is 312 g/mol. The van der Waals surface area contributed by atoms with Gasteiger partial charge in [-0.2, -0.15) is 5.10 Å². The largest absolute Gasteiger partial charge is 0.310 e. The zero-order chi connectivity index (χ0) is 14.9. The van der Waals surface area contributed by atoms with E-state index in [4.69, 9.17) is 0 Å². The van der Waals surface area contributed by atoms with E-state index in [1.54, 1.807) is 0 Å². The van der Waals surface area contributed by atoms with Crippen LogP contribution in [0.5, 0.6) is 0 Å². The molecule has 2 aliphatic rings. The summed E-state index contributed by atoms with van der Waals surface area (Å²) in [6.45, 7) is 2.93. The highest BCUT2D eigenvalue weighted by Gasteiger charge is 2.26. The van der Waals surface area contributed by atoms with Crippen LogP contribution in [-0.2, 0) is 16.6 Å². The highest BCUT2D eigenvalue weighted by molar-refractivity contribution is 7.89. The number of sulfonamides is 1. The fraction of sp³-hybridized carbons (Fsp3) is 0.786. The monoisotopic (exact) mass is 312 g/mol. The van der Waals surface area contributed by atoms with Crippen LogP contribution >= 0.6 is 0 Å². The molecule has 2 fully saturated rings. The van der Waals surface area contributed by atoms with Crippen LogP contribution in [0.4, 0.5) is 0 Å². The standard InChI is InChI=1S/C14H24N4O2S/c1-10-13(9-15-12-6-7-12)14(18-17-10)21(19,20)16-8-2-3-11-4-5-11/h11-12,15-16H,2-9H2,1H3,(H,17,18). The van der Waals surface area contributed by atoms with Crippen LogP contribution in [0.15, 0.2) is 5.03 Å². The van der Waals surface area contributed by atoms with Gasteiger partial charge in [-0.05, 0) is 38.5 Å². The van der Waals surface area contributed by atoms with E-state index >= 15 is 0 Å². The Morgan fingerprint density at radius 2 is 2.05 bits per heavy atom. The van der Waals surface area contributed by atoms with Crippen molar-refractivity contribution < 1.29 is 8.42 Å². The van der Waals surface area contributed by atoms with E-state index in [-0.39, 0.29) is 5.03 Å². The molecule has 0 amide bonds. The number of nitrogens with zero attached hydrogens (tertiary/aromatic N) is 1. The SMILES string of the molecule is Cc1[nH]nc(S(=O)(=O)NCCCC2CC2)c1CNC1CC1. The predicted molar refractivity (Wildman–Crippen MR) is 80.3 cm³/mol. The minimum absolute atomic E-state index is 0.152. The molecule has 1 aromatic heterocycles. The Hall–Kier alpha value is -0.920. The Labute approximate surface area is 126 Å². The van der Waals surface area contributed by atoms with Gasteiger partial charge >= 0.3 is 0 Å². The maximum atomic E-state index is 12.4. The van der Waals surface area contributed by atoms with Crippen molar-refractivity contribution in [2.75, 3.05) is 6.54 Å². The smallest absolute Gasteiger partial charge is 0.260 e. The number of nitrogens with one attached hydrogen (secondary N) is 3. The first-order valence-electron chi connectivity index (χ1n) is 7.83. The van der Waals surface area contributed by atoms with Crippen LogP contribution in [0, 0.1) is 12.8 Å². The molecule has 0 aromatic carbocycles. The van der Waals surface area contributed by atoms with Crippen molar-refractivity contribution in [1.82, 2.24) is 20.2 Å². The minimum Gasteiger partial charge on any atom is -0.310 e. The normalized spacial score (nSPS) is 19.1. The van der Waals surface area contributed by atoms with E-state index in [1.807, 2.05) is 6.92 Å². The molecule has 0 radical (unpaired) electrons. The maximum absolute atomic E-state index is 12.4. The van der Waals surface area contributed by atoms with Crippen molar-refractivity contribution >= 4 is 10.0 Å². The molecule has 0 bridgehead atoms. The van der Waals surface area contributed by atoms with E-state index in [0.717, 1.165) is 30.0 Å². The molecule has 0 saturated heterocycles. The molecule has 0 aliphatic heterocycles. The van der Waals surface area contributed by atoms with Gasteiger partial charge in [-0.15, -0.1) is 0 Å². The van der Waals surface area contributed by atoms with Crippen LogP contribution in [0.25, 0.3) is 0 Å². The first-order valence-corrected chi connectivity index (χ1v) is 9.31. The summed E-state index contributed by atoms with van der Waals surface area (Å²) in [5, 5.41) is 10.3. The molecule has 21 heavy (non-hydrogen) atoms. The zero-order valence-electron chi connectivity index (χ0n) is 12.5. The van der Waals surface area contributed by atoms with Crippen LogP contribution in [-0.4, -0.2) is 31.2 Å². The Morgan fingerprint density at radius 3 is 2.71 bits per heavy atom. The quantitative estimate of drug-likeness (QED) is 0.602. The highest BCUT2D eigenvalue weighted by Crippen LogP contribution is 2.33. The number of hydrogen-bond donors (Lipinski definition) is 3. The minimum atomic E-state index is -3.51. The topological polar surface area (TPSA) is 86.9 Å². The number of aryl methyl sites for hydroxylation is 1. The number of H-pyrrole nitrogens is 1. The third-order valence-corrected chi connectivity index (χ3v) is 5.64. The zero-order valence-corrected chi connectivity index (χ0v) is 13.3. The van der Waals surface area contributed by atoms with Gasteiger partial charge in [0.15, 0.2) is 5.03 Å². The van der Waals surface area contributed by atoms with Gasteiger partial charge in [-0.3, -0.25) is 5.10 Å². The van der Waals surface area contributed by atoms with Gasteiger partial charge in [0.25, 0.3) is 10.0 Å². The number of aromatic nitrogens is 2. The summed E-state index contributed by atoms with van der Waals surface area (Å²) < 4.78 is 27.4. The van der Waals surface area contributed by atoms with Crippen LogP contribution in [0.3, 0.4) is 0 Å². The summed E-state index contributed by atoms with van der Waals surface area (Å²) in [5.74, 6) is 0.834. The van der Waals surface area contributed by atoms with Gasteiger partial charge in [0.1, 0.15) is 0 Å². The molecular formula is C14H24N4O2S. The Kier molecular flexibility index (Phi) is 4.33. The summed E-state index contributed by atoms with van der Waals surface area (Å²) in [5.41, 5.74) is 1.58. The van der Waals surface area contributed by atoms with Crippen molar-refractivity contribution in [1.29, 1.82) is 0 Å². The number of rotatable bonds is 9. The third kappa shape index (κ3) is 4.05. The lowest BCUT2D eigenvalue weighted by Gasteiger charge is -2.08. The summed E-state index contributed by atoms with van der Waals surface area (Å²) in [7, 11) is -3.51. The molecule has 3 N–H and O–H groups in total. The maximum Gasteiger partial charge on any atom is 0.260 e. The molecule has 2 aliphatic carbocycles. The molecule has 1 heterocycles. The molecule has 7 heteroatoms. The first-order chi connectivity index (χ1) is 10.1. The molecular weight excluding hydrogens is 288 g/mol. The van der Waals surface area contributed by atoms with Crippen molar-refractivity contribution in [3.8, 4) is 0 Å². The van der Waals surface area contributed by atoms with Gasteiger partial charge in [0.05, 0.1) is 0 Å². The molecule has 3 rings (SSSR count). The average Bonchev–Trinajstić information content (AvgIpc) is 3.34. The Bertz CT molecular complexity index is 588.